The van der Waals surface area contributed by atoms with Gasteiger partial charge in [-0.3, -0.25) is 14.4 Å². The number of carbonyl (C=O) groups excluding carboxylic acids is 2. The first-order chi connectivity index (χ1) is 20.2. The van der Waals surface area contributed by atoms with E-state index in [0.29, 0.717) is 16.1 Å². The molecular weight excluding hydrogens is 572 g/mol. The summed E-state index contributed by atoms with van der Waals surface area (Å²) in [6.07, 6.45) is -0.467. The number of aliphatic carboxylic acids is 1. The zero-order valence-electron chi connectivity index (χ0n) is 22.4. The summed E-state index contributed by atoms with van der Waals surface area (Å²) < 4.78 is 17.5. The minimum absolute atomic E-state index is 0.000718. The van der Waals surface area contributed by atoms with Crippen LogP contribution in [-0.2, 0) is 46.5 Å². The molecular formula is C29H31ClN2O10. The molecule has 13 heteroatoms. The summed E-state index contributed by atoms with van der Waals surface area (Å²) in [4.78, 5) is 43.8. The number of nitrogens with zero attached hydrogens (tertiary/aromatic N) is 1. The maximum atomic E-state index is 12.8. The summed E-state index contributed by atoms with van der Waals surface area (Å²) in [6.45, 7) is -1.66. The first-order valence-corrected chi connectivity index (χ1v) is 13.5. The van der Waals surface area contributed by atoms with Gasteiger partial charge in [-0.25, -0.2) is 9.86 Å². The molecule has 2 amide bonds. The number of hydrogen-bond donors (Lipinski definition) is 4. The van der Waals surface area contributed by atoms with Gasteiger partial charge in [-0.05, 0) is 23.3 Å². The van der Waals surface area contributed by atoms with E-state index in [4.69, 9.17) is 37.1 Å². The highest BCUT2D eigenvalue weighted by Crippen LogP contribution is 2.40. The maximum Gasteiger partial charge on any atom is 0.364 e. The fraction of sp³-hybridized carbons (Fsp3) is 0.414. The number of hydroxylamine groups is 2. The summed E-state index contributed by atoms with van der Waals surface area (Å²) in [5.41, 5.74) is 1.35. The van der Waals surface area contributed by atoms with Crippen molar-refractivity contribution >= 4 is 29.4 Å². The highest BCUT2D eigenvalue weighted by Gasteiger charge is 2.61. The summed E-state index contributed by atoms with van der Waals surface area (Å²) in [5, 5.41) is 35.2. The van der Waals surface area contributed by atoms with E-state index < -0.39 is 67.1 Å². The van der Waals surface area contributed by atoms with Gasteiger partial charge in [0, 0.05) is 18.0 Å². The Bertz CT molecular complexity index is 1290. The van der Waals surface area contributed by atoms with E-state index in [1.165, 1.54) is 0 Å². The summed E-state index contributed by atoms with van der Waals surface area (Å²) >= 11 is 5.89. The summed E-state index contributed by atoms with van der Waals surface area (Å²) in [7, 11) is 0. The molecule has 42 heavy (non-hydrogen) atoms. The molecule has 1 unspecified atom stereocenters. The first kappa shape index (κ1) is 31.4. The standard InChI is InChI=1S/C29H31ClN2O10/c1-2-12-39-21-14-29(28(37)38,40-17-19-6-4-3-5-7-19)41-27-25(21)32(24(35)16-33)42-22(26(27)36)15-31-23(34)13-18-8-10-20(30)11-9-18/h1,3-11,21-22,25-27,33,36H,12-17H2,(H,31,34)(H,37,38)/t21-,22+,25?,26+,27+,29+/m0/s1. The van der Waals surface area contributed by atoms with E-state index in [-0.39, 0.29) is 26.2 Å². The van der Waals surface area contributed by atoms with Crippen molar-refractivity contribution in [1.29, 1.82) is 0 Å². The van der Waals surface area contributed by atoms with Gasteiger partial charge in [0.25, 0.3) is 11.7 Å². The minimum Gasteiger partial charge on any atom is -0.477 e. The van der Waals surface area contributed by atoms with Crippen LogP contribution in [0.4, 0.5) is 0 Å². The maximum absolute atomic E-state index is 12.8. The lowest BCUT2D eigenvalue weighted by Gasteiger charge is -2.54. The van der Waals surface area contributed by atoms with Gasteiger partial charge in [-0.15, -0.1) is 6.42 Å². The highest BCUT2D eigenvalue weighted by molar-refractivity contribution is 6.30. The molecule has 4 N–H and O–H groups in total. The number of terminal acetylenes is 1. The molecule has 0 bridgehead atoms. The van der Waals surface area contributed by atoms with E-state index in [1.54, 1.807) is 54.6 Å². The topological polar surface area (TPSA) is 164 Å². The number of benzene rings is 2. The van der Waals surface area contributed by atoms with Crippen LogP contribution in [0.1, 0.15) is 17.5 Å². The number of halogens is 1. The molecule has 2 saturated heterocycles. The first-order valence-electron chi connectivity index (χ1n) is 13.1. The molecule has 2 aromatic carbocycles. The zero-order valence-corrected chi connectivity index (χ0v) is 23.2. The van der Waals surface area contributed by atoms with Gasteiger partial charge in [0.1, 0.15) is 37.6 Å². The molecule has 0 aliphatic carbocycles. The van der Waals surface area contributed by atoms with Gasteiger partial charge < -0.3 is 34.8 Å². The Morgan fingerprint density at radius 3 is 2.50 bits per heavy atom. The smallest absolute Gasteiger partial charge is 0.364 e. The quantitative estimate of drug-likeness (QED) is 0.269. The third-order valence-corrected chi connectivity index (χ3v) is 7.18. The van der Waals surface area contributed by atoms with Crippen molar-refractivity contribution in [2.45, 2.75) is 55.7 Å². The van der Waals surface area contributed by atoms with Gasteiger partial charge in [-0.1, -0.05) is 60.0 Å². The number of ether oxygens (including phenoxy) is 3. The van der Waals surface area contributed by atoms with E-state index in [1.807, 2.05) is 0 Å². The average Bonchev–Trinajstić information content (AvgIpc) is 2.99. The van der Waals surface area contributed by atoms with E-state index in [9.17, 15) is 29.7 Å². The molecule has 0 spiro atoms. The number of amides is 2. The van der Waals surface area contributed by atoms with Crippen LogP contribution in [0, 0.1) is 12.3 Å². The number of carbonyl (C=O) groups is 3. The lowest BCUT2D eigenvalue weighted by molar-refractivity contribution is -0.377. The number of fused-ring (bicyclic) bond motifs is 1. The molecule has 2 aliphatic rings. The van der Waals surface area contributed by atoms with Crippen LogP contribution in [0.3, 0.4) is 0 Å². The van der Waals surface area contributed by atoms with E-state index in [2.05, 4.69) is 11.2 Å². The van der Waals surface area contributed by atoms with Crippen LogP contribution in [0.5, 0.6) is 0 Å². The Morgan fingerprint density at radius 2 is 1.86 bits per heavy atom. The Morgan fingerprint density at radius 1 is 1.14 bits per heavy atom. The molecule has 0 radical (unpaired) electrons. The Balaban J connectivity index is 1.58. The molecule has 224 valence electrons. The second-order valence-corrected chi connectivity index (χ2v) is 10.2. The molecule has 6 atom stereocenters. The highest BCUT2D eigenvalue weighted by atomic mass is 35.5. The second-order valence-electron chi connectivity index (χ2n) is 9.78. The Kier molecular flexibility index (Phi) is 10.5. The van der Waals surface area contributed by atoms with E-state index in [0.717, 1.165) is 5.06 Å². The number of aliphatic hydroxyl groups is 2. The van der Waals surface area contributed by atoms with Crippen molar-refractivity contribution in [3.8, 4) is 12.3 Å². The molecule has 12 nitrogen and oxygen atoms in total. The molecule has 4 rings (SSSR count). The van der Waals surface area contributed by atoms with E-state index >= 15 is 0 Å². The Labute approximate surface area is 247 Å². The normalized spacial score (nSPS) is 27.0. The van der Waals surface area contributed by atoms with Crippen molar-refractivity contribution < 1.29 is 48.8 Å². The second kappa shape index (κ2) is 14.1. The molecule has 2 aliphatic heterocycles. The van der Waals surface area contributed by atoms with Crippen LogP contribution in [-0.4, -0.2) is 94.2 Å². The largest absolute Gasteiger partial charge is 0.477 e. The monoisotopic (exact) mass is 602 g/mol. The number of carboxylic acids is 1. The zero-order chi connectivity index (χ0) is 30.3. The third kappa shape index (κ3) is 7.26. The molecule has 0 aromatic heterocycles. The van der Waals surface area contributed by atoms with Crippen molar-refractivity contribution in [2.24, 2.45) is 0 Å². The van der Waals surface area contributed by atoms with Gasteiger partial charge in [0.2, 0.25) is 5.91 Å². The van der Waals surface area contributed by atoms with Gasteiger partial charge in [0.05, 0.1) is 19.1 Å². The van der Waals surface area contributed by atoms with Gasteiger partial charge >= 0.3 is 5.97 Å². The summed E-state index contributed by atoms with van der Waals surface area (Å²) in [5.74, 6) is -2.81. The van der Waals surface area contributed by atoms with Crippen LogP contribution < -0.4 is 5.32 Å². The molecule has 0 saturated carbocycles. The van der Waals surface area contributed by atoms with Crippen LogP contribution in [0.2, 0.25) is 5.02 Å². The number of hydrogen-bond acceptors (Lipinski definition) is 9. The third-order valence-electron chi connectivity index (χ3n) is 6.93. The Hall–Kier alpha value is -3.54. The predicted molar refractivity (Wildman–Crippen MR) is 146 cm³/mol. The molecule has 2 heterocycles. The number of aliphatic hydroxyl groups excluding tert-OH is 2. The SMILES string of the molecule is C#CCO[C@H]1C[C@](OCc2ccccc2)(C(=O)O)O[C@@H]2C1N(C(=O)CO)O[C@H](CNC(=O)Cc1ccc(Cl)cc1)[C@H]2O. The van der Waals surface area contributed by atoms with Gasteiger partial charge in [0.15, 0.2) is 0 Å². The van der Waals surface area contributed by atoms with Crippen LogP contribution in [0.25, 0.3) is 0 Å². The number of carboxylic acid groups (broad SMARTS) is 1. The average molecular weight is 603 g/mol. The van der Waals surface area contributed by atoms with Crippen LogP contribution >= 0.6 is 11.6 Å². The summed E-state index contributed by atoms with van der Waals surface area (Å²) in [6, 6.07) is 14.2. The van der Waals surface area contributed by atoms with Gasteiger partial charge in [-0.2, -0.15) is 0 Å². The van der Waals surface area contributed by atoms with Crippen molar-refractivity contribution in [1.82, 2.24) is 10.4 Å². The van der Waals surface area contributed by atoms with Crippen molar-refractivity contribution in [2.75, 3.05) is 19.8 Å². The minimum atomic E-state index is -2.30. The van der Waals surface area contributed by atoms with Crippen molar-refractivity contribution in [3.63, 3.8) is 0 Å². The predicted octanol–water partition coefficient (Wildman–Crippen LogP) is 0.668. The fourth-order valence-corrected chi connectivity index (χ4v) is 5.00. The lowest BCUT2D eigenvalue weighted by atomic mass is 9.86. The molecule has 2 aromatic rings. The van der Waals surface area contributed by atoms with Crippen molar-refractivity contribution in [3.05, 3.63) is 70.7 Å². The fourth-order valence-electron chi connectivity index (χ4n) is 4.88. The molecule has 2 fully saturated rings. The number of nitrogens with one attached hydrogen (secondary N) is 1. The lowest BCUT2D eigenvalue weighted by Crippen LogP contribution is -2.73. The number of rotatable bonds is 11. The van der Waals surface area contributed by atoms with Crippen LogP contribution in [0.15, 0.2) is 54.6 Å².